The number of carbonyl (C=O) groups excluding carboxylic acids is 1. The van der Waals surface area contributed by atoms with Gasteiger partial charge in [-0.1, -0.05) is 20.8 Å². The summed E-state index contributed by atoms with van der Waals surface area (Å²) in [5, 5.41) is 18.9. The first-order valence-electron chi connectivity index (χ1n) is 5.93. The number of nitrogens with one attached hydrogen (secondary N) is 2. The van der Waals surface area contributed by atoms with Crippen molar-refractivity contribution in [1.29, 1.82) is 0 Å². The van der Waals surface area contributed by atoms with Crippen molar-refractivity contribution in [3.8, 4) is 0 Å². The molecule has 0 unspecified atom stereocenters. The van der Waals surface area contributed by atoms with Crippen LogP contribution < -0.4 is 10.6 Å². The van der Waals surface area contributed by atoms with Crippen LogP contribution in [0.4, 0.5) is 10.6 Å². The Morgan fingerprint density at radius 1 is 1.56 bits per heavy atom. The minimum absolute atomic E-state index is 0.0959. The van der Waals surface area contributed by atoms with Gasteiger partial charge in [0.1, 0.15) is 5.82 Å². The van der Waals surface area contributed by atoms with Gasteiger partial charge < -0.3 is 10.4 Å². The highest BCUT2D eigenvalue weighted by Gasteiger charge is 2.25. The molecule has 0 saturated carbocycles. The minimum Gasteiger partial charge on any atom is -0.394 e. The number of carbonyl (C=O) groups is 1. The van der Waals surface area contributed by atoms with E-state index in [1.165, 1.54) is 0 Å². The molecular formula is C12H22N4O2. The highest BCUT2D eigenvalue weighted by atomic mass is 16.3. The number of urea groups is 1. The second kappa shape index (κ2) is 5.39. The molecule has 1 heterocycles. The Balaban J connectivity index is 2.64. The van der Waals surface area contributed by atoms with Crippen molar-refractivity contribution in [2.45, 2.75) is 33.7 Å². The SMILES string of the molecule is Cc1cc(NC(=O)N[C@H](CO)C(C)(C)C)n(C)n1. The molecule has 1 rings (SSSR count). The molecule has 1 atom stereocenters. The van der Waals surface area contributed by atoms with E-state index in [1.54, 1.807) is 17.8 Å². The summed E-state index contributed by atoms with van der Waals surface area (Å²) in [6.45, 7) is 7.64. The van der Waals surface area contributed by atoms with Gasteiger partial charge in [0, 0.05) is 13.1 Å². The van der Waals surface area contributed by atoms with E-state index in [9.17, 15) is 9.90 Å². The van der Waals surface area contributed by atoms with Gasteiger partial charge in [0.05, 0.1) is 18.3 Å². The van der Waals surface area contributed by atoms with Crippen molar-refractivity contribution in [2.75, 3.05) is 11.9 Å². The maximum absolute atomic E-state index is 11.8. The van der Waals surface area contributed by atoms with Gasteiger partial charge in [0.2, 0.25) is 0 Å². The molecule has 0 bridgehead atoms. The summed E-state index contributed by atoms with van der Waals surface area (Å²) < 4.78 is 1.60. The lowest BCUT2D eigenvalue weighted by molar-refractivity contribution is 0.162. The molecule has 0 aromatic carbocycles. The van der Waals surface area contributed by atoms with Crippen LogP contribution in [0.5, 0.6) is 0 Å². The van der Waals surface area contributed by atoms with E-state index < -0.39 is 0 Å². The number of hydrogen-bond acceptors (Lipinski definition) is 3. The number of anilines is 1. The molecule has 6 nitrogen and oxygen atoms in total. The van der Waals surface area contributed by atoms with Gasteiger partial charge in [-0.25, -0.2) is 4.79 Å². The zero-order valence-corrected chi connectivity index (χ0v) is 11.6. The number of aliphatic hydroxyl groups is 1. The minimum atomic E-state index is -0.341. The van der Waals surface area contributed by atoms with Crippen molar-refractivity contribution < 1.29 is 9.90 Å². The molecule has 0 aliphatic rings. The first-order valence-corrected chi connectivity index (χ1v) is 5.93. The Bertz CT molecular complexity index is 420. The summed E-state index contributed by atoms with van der Waals surface area (Å²) in [5.74, 6) is 0.621. The van der Waals surface area contributed by atoms with E-state index in [4.69, 9.17) is 0 Å². The van der Waals surface area contributed by atoms with Crippen LogP contribution in [0.3, 0.4) is 0 Å². The van der Waals surface area contributed by atoms with Crippen LogP contribution in [-0.4, -0.2) is 33.6 Å². The Hall–Kier alpha value is -1.56. The molecule has 0 spiro atoms. The molecule has 0 saturated heterocycles. The number of amides is 2. The van der Waals surface area contributed by atoms with Crippen molar-refractivity contribution >= 4 is 11.8 Å². The van der Waals surface area contributed by atoms with Crippen LogP contribution >= 0.6 is 0 Å². The van der Waals surface area contributed by atoms with Gasteiger partial charge in [-0.3, -0.25) is 10.00 Å². The summed E-state index contributed by atoms with van der Waals surface area (Å²) in [5.41, 5.74) is 0.636. The second-order valence-corrected chi connectivity index (χ2v) is 5.49. The summed E-state index contributed by atoms with van der Waals surface area (Å²) in [4.78, 5) is 11.8. The van der Waals surface area contributed by atoms with Crippen molar-refractivity contribution in [3.05, 3.63) is 11.8 Å². The fourth-order valence-electron chi connectivity index (χ4n) is 1.57. The maximum atomic E-state index is 11.8. The third kappa shape index (κ3) is 3.73. The Morgan fingerprint density at radius 3 is 2.56 bits per heavy atom. The quantitative estimate of drug-likeness (QED) is 0.759. The predicted molar refractivity (Wildman–Crippen MR) is 70.4 cm³/mol. The van der Waals surface area contributed by atoms with Gasteiger partial charge in [-0.15, -0.1) is 0 Å². The largest absolute Gasteiger partial charge is 0.394 e. The molecule has 2 amide bonds. The second-order valence-electron chi connectivity index (χ2n) is 5.49. The fourth-order valence-corrected chi connectivity index (χ4v) is 1.57. The van der Waals surface area contributed by atoms with E-state index in [0.29, 0.717) is 5.82 Å². The Morgan fingerprint density at radius 2 is 2.17 bits per heavy atom. The van der Waals surface area contributed by atoms with Crippen molar-refractivity contribution in [2.24, 2.45) is 12.5 Å². The molecule has 0 aliphatic carbocycles. The lowest BCUT2D eigenvalue weighted by Crippen LogP contribution is -2.47. The zero-order chi connectivity index (χ0) is 13.9. The average molecular weight is 254 g/mol. The first kappa shape index (κ1) is 14.5. The maximum Gasteiger partial charge on any atom is 0.320 e. The third-order valence-corrected chi connectivity index (χ3v) is 2.78. The number of aliphatic hydroxyl groups excluding tert-OH is 1. The normalized spacial score (nSPS) is 13.2. The van der Waals surface area contributed by atoms with Gasteiger partial charge in [-0.05, 0) is 12.3 Å². The van der Waals surface area contributed by atoms with E-state index >= 15 is 0 Å². The predicted octanol–water partition coefficient (Wildman–Crippen LogP) is 1.26. The fraction of sp³-hybridized carbons (Fsp3) is 0.667. The first-order chi connectivity index (χ1) is 8.24. The summed E-state index contributed by atoms with van der Waals surface area (Å²) in [6.07, 6.45) is 0. The molecular weight excluding hydrogens is 232 g/mol. The lowest BCUT2D eigenvalue weighted by Gasteiger charge is -2.29. The Labute approximate surface area is 107 Å². The van der Waals surface area contributed by atoms with Gasteiger partial charge in [0.25, 0.3) is 0 Å². The smallest absolute Gasteiger partial charge is 0.320 e. The van der Waals surface area contributed by atoms with Crippen molar-refractivity contribution in [3.63, 3.8) is 0 Å². The molecule has 0 fully saturated rings. The van der Waals surface area contributed by atoms with Crippen LogP contribution in [-0.2, 0) is 7.05 Å². The summed E-state index contributed by atoms with van der Waals surface area (Å²) in [6, 6.07) is 1.14. The van der Waals surface area contributed by atoms with E-state index in [0.717, 1.165) is 5.69 Å². The number of aromatic nitrogens is 2. The molecule has 1 aromatic heterocycles. The average Bonchev–Trinajstić information content (AvgIpc) is 2.52. The van der Waals surface area contributed by atoms with E-state index in [2.05, 4.69) is 15.7 Å². The van der Waals surface area contributed by atoms with Crippen LogP contribution in [0, 0.1) is 12.3 Å². The van der Waals surface area contributed by atoms with Crippen LogP contribution in [0.1, 0.15) is 26.5 Å². The van der Waals surface area contributed by atoms with Crippen LogP contribution in [0.15, 0.2) is 6.07 Å². The van der Waals surface area contributed by atoms with Gasteiger partial charge in [0.15, 0.2) is 0 Å². The van der Waals surface area contributed by atoms with Gasteiger partial charge in [-0.2, -0.15) is 5.10 Å². The summed E-state index contributed by atoms with van der Waals surface area (Å²) >= 11 is 0. The third-order valence-electron chi connectivity index (χ3n) is 2.78. The number of nitrogens with zero attached hydrogens (tertiary/aromatic N) is 2. The topological polar surface area (TPSA) is 79.2 Å². The standard InChI is InChI=1S/C12H22N4O2/c1-8-6-10(16(5)15-8)14-11(18)13-9(7-17)12(2,3)4/h6,9,17H,7H2,1-5H3,(H2,13,14,18)/t9-/m1/s1. The molecule has 3 N–H and O–H groups in total. The highest BCUT2D eigenvalue weighted by Crippen LogP contribution is 2.18. The summed E-state index contributed by atoms with van der Waals surface area (Å²) in [7, 11) is 1.76. The number of aryl methyl sites for hydroxylation is 2. The highest BCUT2D eigenvalue weighted by molar-refractivity contribution is 5.88. The molecule has 0 aliphatic heterocycles. The Kier molecular flexibility index (Phi) is 4.34. The van der Waals surface area contributed by atoms with Crippen molar-refractivity contribution in [1.82, 2.24) is 15.1 Å². The zero-order valence-electron chi connectivity index (χ0n) is 11.6. The number of hydrogen-bond donors (Lipinski definition) is 3. The van der Waals surface area contributed by atoms with E-state index in [1.807, 2.05) is 27.7 Å². The van der Waals surface area contributed by atoms with Crippen LogP contribution in [0.2, 0.25) is 0 Å². The number of rotatable bonds is 3. The molecule has 102 valence electrons. The molecule has 6 heteroatoms. The molecule has 0 radical (unpaired) electrons. The van der Waals surface area contributed by atoms with E-state index in [-0.39, 0.29) is 24.1 Å². The van der Waals surface area contributed by atoms with Gasteiger partial charge >= 0.3 is 6.03 Å². The van der Waals surface area contributed by atoms with Crippen LogP contribution in [0.25, 0.3) is 0 Å². The monoisotopic (exact) mass is 254 g/mol. The molecule has 1 aromatic rings. The lowest BCUT2D eigenvalue weighted by atomic mass is 9.87. The molecule has 18 heavy (non-hydrogen) atoms.